The number of thiocarbonyl (C=S) groups is 1. The van der Waals surface area contributed by atoms with Gasteiger partial charge in [-0.1, -0.05) is 20.8 Å². The molecule has 1 atom stereocenters. The Labute approximate surface area is 192 Å². The average Bonchev–Trinajstić information content (AvgIpc) is 3.08. The van der Waals surface area contributed by atoms with Gasteiger partial charge in [0.2, 0.25) is 0 Å². The van der Waals surface area contributed by atoms with E-state index in [0.29, 0.717) is 33.5 Å². The number of amides is 1. The number of fused-ring (bicyclic) bond motifs is 1. The summed E-state index contributed by atoms with van der Waals surface area (Å²) in [7, 11) is 3.05. The lowest BCUT2D eigenvalue weighted by molar-refractivity contribution is 0.0977. The third-order valence-corrected chi connectivity index (χ3v) is 7.08. The molecular weight excluding hydrogens is 430 g/mol. The molecule has 6 nitrogen and oxygen atoms in total. The van der Waals surface area contributed by atoms with Crippen LogP contribution >= 0.6 is 23.6 Å². The van der Waals surface area contributed by atoms with Crippen molar-refractivity contribution in [1.29, 1.82) is 5.26 Å². The first-order valence-electron chi connectivity index (χ1n) is 10.1. The van der Waals surface area contributed by atoms with E-state index in [9.17, 15) is 10.1 Å². The van der Waals surface area contributed by atoms with Gasteiger partial charge in [-0.3, -0.25) is 10.1 Å². The molecule has 0 spiro atoms. The van der Waals surface area contributed by atoms with Crippen LogP contribution in [0.3, 0.4) is 0 Å². The quantitative estimate of drug-likeness (QED) is 0.635. The minimum atomic E-state index is -0.369. The number of carbonyl (C=O) groups excluding carboxylic acids is 1. The molecule has 1 aliphatic carbocycles. The first-order chi connectivity index (χ1) is 14.7. The number of thiophene rings is 1. The van der Waals surface area contributed by atoms with E-state index in [0.717, 1.165) is 24.8 Å². The molecule has 31 heavy (non-hydrogen) atoms. The molecule has 0 saturated heterocycles. The van der Waals surface area contributed by atoms with Crippen LogP contribution < -0.4 is 20.1 Å². The van der Waals surface area contributed by atoms with Crippen molar-refractivity contribution in [2.75, 3.05) is 19.5 Å². The lowest BCUT2D eigenvalue weighted by Crippen LogP contribution is -2.34. The molecule has 0 unspecified atom stereocenters. The maximum Gasteiger partial charge on any atom is 0.257 e. The number of rotatable bonds is 4. The van der Waals surface area contributed by atoms with Crippen molar-refractivity contribution < 1.29 is 14.3 Å². The van der Waals surface area contributed by atoms with Gasteiger partial charge >= 0.3 is 0 Å². The summed E-state index contributed by atoms with van der Waals surface area (Å²) >= 11 is 6.91. The Balaban J connectivity index is 1.73. The van der Waals surface area contributed by atoms with E-state index in [-0.39, 0.29) is 16.4 Å². The number of hydrogen-bond donors (Lipinski definition) is 2. The number of nitriles is 1. The van der Waals surface area contributed by atoms with Crippen LogP contribution in [-0.4, -0.2) is 25.2 Å². The molecule has 8 heteroatoms. The van der Waals surface area contributed by atoms with Gasteiger partial charge < -0.3 is 14.8 Å². The number of ether oxygens (including phenoxy) is 2. The number of benzene rings is 1. The molecule has 1 aliphatic rings. The van der Waals surface area contributed by atoms with Crippen molar-refractivity contribution in [2.24, 2.45) is 11.3 Å². The number of hydrogen-bond acceptors (Lipinski definition) is 6. The highest BCUT2D eigenvalue weighted by Gasteiger charge is 2.32. The van der Waals surface area contributed by atoms with Crippen molar-refractivity contribution in [3.05, 3.63) is 39.8 Å². The standard InChI is InChI=1S/C23H27N3O3S2/c1-23(2,3)14-7-8-15-16(12-24)21(31-19(15)11-14)26-22(30)25-20(27)13-6-9-17(28-4)18(10-13)29-5/h6,9-10,14H,7-8,11H2,1-5H3,(H2,25,26,27,30)/t14-/m1/s1. The zero-order chi connectivity index (χ0) is 22.8. The van der Waals surface area contributed by atoms with E-state index in [2.05, 4.69) is 37.5 Å². The number of methoxy groups -OCH3 is 2. The minimum Gasteiger partial charge on any atom is -0.493 e. The fraction of sp³-hybridized carbons (Fsp3) is 0.435. The van der Waals surface area contributed by atoms with E-state index in [1.54, 1.807) is 29.5 Å². The second-order valence-electron chi connectivity index (χ2n) is 8.60. The normalized spacial score (nSPS) is 15.4. The van der Waals surface area contributed by atoms with Crippen LogP contribution in [0.25, 0.3) is 0 Å². The van der Waals surface area contributed by atoms with Gasteiger partial charge in [0.05, 0.1) is 19.8 Å². The predicted octanol–water partition coefficient (Wildman–Crippen LogP) is 4.91. The van der Waals surface area contributed by atoms with Crippen LogP contribution in [0, 0.1) is 22.7 Å². The fourth-order valence-electron chi connectivity index (χ4n) is 3.82. The van der Waals surface area contributed by atoms with Gasteiger partial charge in [0, 0.05) is 10.4 Å². The van der Waals surface area contributed by atoms with Crippen molar-refractivity contribution in [1.82, 2.24) is 5.32 Å². The lowest BCUT2D eigenvalue weighted by Gasteiger charge is -2.33. The van der Waals surface area contributed by atoms with Gasteiger partial charge in [-0.2, -0.15) is 5.26 Å². The van der Waals surface area contributed by atoms with E-state index in [1.165, 1.54) is 19.1 Å². The SMILES string of the molecule is COc1ccc(C(=O)NC(=S)Nc2sc3c(c2C#N)CC[C@@H](C(C)(C)C)C3)cc1OC. The second kappa shape index (κ2) is 9.25. The van der Waals surface area contributed by atoms with Crippen LogP contribution in [0.5, 0.6) is 11.5 Å². The molecule has 1 aromatic carbocycles. The maximum absolute atomic E-state index is 12.6. The van der Waals surface area contributed by atoms with Crippen LogP contribution in [-0.2, 0) is 12.8 Å². The number of carbonyl (C=O) groups is 1. The Bertz CT molecular complexity index is 1050. The van der Waals surface area contributed by atoms with Gasteiger partial charge in [0.1, 0.15) is 11.1 Å². The Morgan fingerprint density at radius 1 is 1.26 bits per heavy atom. The Kier molecular flexibility index (Phi) is 6.87. The van der Waals surface area contributed by atoms with Crippen LogP contribution in [0.1, 0.15) is 53.6 Å². The highest BCUT2D eigenvalue weighted by Crippen LogP contribution is 2.44. The summed E-state index contributed by atoms with van der Waals surface area (Å²) in [5.74, 6) is 1.21. The minimum absolute atomic E-state index is 0.155. The molecule has 0 saturated carbocycles. The first kappa shape index (κ1) is 23.0. The molecule has 0 fully saturated rings. The Morgan fingerprint density at radius 2 is 1.97 bits per heavy atom. The summed E-state index contributed by atoms with van der Waals surface area (Å²) in [5.41, 5.74) is 2.37. The first-order valence-corrected chi connectivity index (χ1v) is 11.3. The van der Waals surface area contributed by atoms with Gasteiger partial charge in [-0.15, -0.1) is 11.3 Å². The number of anilines is 1. The van der Waals surface area contributed by atoms with E-state index >= 15 is 0 Å². The van der Waals surface area contributed by atoms with E-state index < -0.39 is 0 Å². The third kappa shape index (κ3) is 5.00. The molecule has 164 valence electrons. The van der Waals surface area contributed by atoms with E-state index in [4.69, 9.17) is 21.7 Å². The third-order valence-electron chi connectivity index (χ3n) is 5.70. The molecule has 2 aromatic rings. The summed E-state index contributed by atoms with van der Waals surface area (Å²) in [6, 6.07) is 7.21. The van der Waals surface area contributed by atoms with Crippen LogP contribution in [0.4, 0.5) is 5.00 Å². The fourth-order valence-corrected chi connectivity index (χ4v) is 5.36. The van der Waals surface area contributed by atoms with Crippen LogP contribution in [0.2, 0.25) is 0 Å². The molecular formula is C23H27N3O3S2. The average molecular weight is 458 g/mol. The topological polar surface area (TPSA) is 83.4 Å². The van der Waals surface area contributed by atoms with Gasteiger partial charge in [0.25, 0.3) is 5.91 Å². The second-order valence-corrected chi connectivity index (χ2v) is 10.1. The van der Waals surface area contributed by atoms with Crippen molar-refractivity contribution >= 4 is 39.6 Å². The van der Waals surface area contributed by atoms with Crippen LogP contribution in [0.15, 0.2) is 18.2 Å². The molecule has 1 aromatic heterocycles. The summed E-state index contributed by atoms with van der Waals surface area (Å²) in [5, 5.41) is 16.3. The predicted molar refractivity (Wildman–Crippen MR) is 127 cm³/mol. The van der Waals surface area contributed by atoms with Gasteiger partial charge in [0.15, 0.2) is 16.6 Å². The van der Waals surface area contributed by atoms with Gasteiger partial charge in [-0.05, 0) is 66.6 Å². The number of nitrogens with zero attached hydrogens (tertiary/aromatic N) is 1. The molecule has 0 radical (unpaired) electrons. The zero-order valence-corrected chi connectivity index (χ0v) is 20.1. The molecule has 0 bridgehead atoms. The summed E-state index contributed by atoms with van der Waals surface area (Å²) in [6.07, 6.45) is 2.93. The van der Waals surface area contributed by atoms with Gasteiger partial charge in [-0.25, -0.2) is 0 Å². The summed E-state index contributed by atoms with van der Waals surface area (Å²) in [6.45, 7) is 6.79. The number of nitrogens with one attached hydrogen (secondary N) is 2. The summed E-state index contributed by atoms with van der Waals surface area (Å²) < 4.78 is 10.4. The zero-order valence-electron chi connectivity index (χ0n) is 18.4. The molecule has 2 N–H and O–H groups in total. The Morgan fingerprint density at radius 3 is 2.58 bits per heavy atom. The maximum atomic E-state index is 12.6. The van der Waals surface area contributed by atoms with Crippen molar-refractivity contribution in [2.45, 2.75) is 40.0 Å². The smallest absolute Gasteiger partial charge is 0.257 e. The molecule has 3 rings (SSSR count). The largest absolute Gasteiger partial charge is 0.493 e. The Hall–Kier alpha value is -2.63. The van der Waals surface area contributed by atoms with Crippen molar-refractivity contribution in [3.8, 4) is 17.6 Å². The highest BCUT2D eigenvalue weighted by atomic mass is 32.1. The molecule has 0 aliphatic heterocycles. The monoisotopic (exact) mass is 457 g/mol. The lowest BCUT2D eigenvalue weighted by atomic mass is 9.72. The van der Waals surface area contributed by atoms with E-state index in [1.807, 2.05) is 0 Å². The molecule has 1 amide bonds. The van der Waals surface area contributed by atoms with Crippen molar-refractivity contribution in [3.63, 3.8) is 0 Å². The summed E-state index contributed by atoms with van der Waals surface area (Å²) in [4.78, 5) is 13.9. The highest BCUT2D eigenvalue weighted by molar-refractivity contribution is 7.80. The molecule has 1 heterocycles.